The molecule has 0 spiro atoms. The monoisotopic (exact) mass is 266 g/mol. The first-order valence-corrected chi connectivity index (χ1v) is 6.51. The molecule has 88 valence electrons. The Kier molecular flexibility index (Phi) is 2.85. The van der Waals surface area contributed by atoms with E-state index in [2.05, 4.69) is 5.10 Å². The normalized spacial score (nSPS) is 15.9. The third kappa shape index (κ3) is 1.96. The predicted octanol–water partition coefficient (Wildman–Crippen LogP) is 4.45. The summed E-state index contributed by atoms with van der Waals surface area (Å²) in [7, 11) is 0. The summed E-state index contributed by atoms with van der Waals surface area (Å²) in [5, 5.41) is 6.00. The molecule has 0 saturated heterocycles. The Morgan fingerprint density at radius 2 is 1.88 bits per heavy atom. The lowest BCUT2D eigenvalue weighted by molar-refractivity contribution is 0.409. The summed E-state index contributed by atoms with van der Waals surface area (Å²) in [6, 6.07) is 7.65. The van der Waals surface area contributed by atoms with Gasteiger partial charge in [0.25, 0.3) is 0 Å². The van der Waals surface area contributed by atoms with Crippen molar-refractivity contribution in [1.82, 2.24) is 9.78 Å². The summed E-state index contributed by atoms with van der Waals surface area (Å²) in [6.07, 6.45) is 5.51. The summed E-state index contributed by atoms with van der Waals surface area (Å²) in [4.78, 5) is 0. The molecule has 2 nitrogen and oxygen atoms in total. The fourth-order valence-electron chi connectivity index (χ4n) is 2.09. The highest BCUT2D eigenvalue weighted by Crippen LogP contribution is 2.39. The molecule has 3 rings (SSSR count). The van der Waals surface area contributed by atoms with Gasteiger partial charge in [-0.3, -0.25) is 0 Å². The van der Waals surface area contributed by atoms with Crippen LogP contribution in [0.4, 0.5) is 0 Å². The zero-order chi connectivity index (χ0) is 11.8. The van der Waals surface area contributed by atoms with Gasteiger partial charge in [-0.15, -0.1) is 0 Å². The molecule has 1 saturated carbocycles. The van der Waals surface area contributed by atoms with Crippen molar-refractivity contribution in [2.75, 3.05) is 0 Å². The second-order valence-corrected chi connectivity index (χ2v) is 5.20. The van der Waals surface area contributed by atoms with Gasteiger partial charge in [0.1, 0.15) is 0 Å². The average molecular weight is 267 g/mol. The molecule has 0 amide bonds. The highest BCUT2D eigenvalue weighted by molar-refractivity contribution is 6.32. The summed E-state index contributed by atoms with van der Waals surface area (Å²) in [5.74, 6) is 0.534. The average Bonchev–Trinajstić information content (AvgIpc) is 2.59. The van der Waals surface area contributed by atoms with Gasteiger partial charge in [0.05, 0.1) is 21.4 Å². The van der Waals surface area contributed by atoms with Gasteiger partial charge in [-0.2, -0.15) is 5.10 Å². The Hall–Kier alpha value is -0.990. The van der Waals surface area contributed by atoms with Crippen molar-refractivity contribution in [2.45, 2.75) is 25.2 Å². The van der Waals surface area contributed by atoms with Gasteiger partial charge in [0.2, 0.25) is 0 Å². The van der Waals surface area contributed by atoms with Gasteiger partial charge < -0.3 is 0 Å². The number of nitrogens with zero attached hydrogens (tertiary/aromatic N) is 2. The Balaban J connectivity index is 2.01. The van der Waals surface area contributed by atoms with Crippen molar-refractivity contribution in [3.8, 4) is 5.69 Å². The summed E-state index contributed by atoms with van der Waals surface area (Å²) < 4.78 is 1.78. The highest BCUT2D eigenvalue weighted by atomic mass is 35.5. The molecule has 4 heteroatoms. The van der Waals surface area contributed by atoms with Crippen molar-refractivity contribution >= 4 is 23.2 Å². The van der Waals surface area contributed by atoms with Crippen LogP contribution in [-0.4, -0.2) is 9.78 Å². The Bertz CT molecular complexity index is 544. The van der Waals surface area contributed by atoms with Gasteiger partial charge in [0.15, 0.2) is 0 Å². The quantitative estimate of drug-likeness (QED) is 0.786. The van der Waals surface area contributed by atoms with E-state index in [4.69, 9.17) is 23.2 Å². The van der Waals surface area contributed by atoms with Crippen molar-refractivity contribution in [3.63, 3.8) is 0 Å². The Morgan fingerprint density at radius 3 is 2.53 bits per heavy atom. The van der Waals surface area contributed by atoms with E-state index in [0.29, 0.717) is 10.9 Å². The molecule has 0 bridgehead atoms. The fraction of sp³-hybridized carbons (Fsp3) is 0.308. The van der Waals surface area contributed by atoms with E-state index >= 15 is 0 Å². The molecule has 2 aromatic rings. The molecule has 0 radical (unpaired) electrons. The molecule has 1 aromatic heterocycles. The van der Waals surface area contributed by atoms with Crippen LogP contribution in [-0.2, 0) is 0 Å². The van der Waals surface area contributed by atoms with Crippen LogP contribution in [0.5, 0.6) is 0 Å². The minimum atomic E-state index is 0.534. The second-order valence-electron chi connectivity index (χ2n) is 4.39. The topological polar surface area (TPSA) is 17.8 Å². The molecule has 0 N–H and O–H groups in total. The number of hydrogen-bond acceptors (Lipinski definition) is 1. The van der Waals surface area contributed by atoms with Crippen LogP contribution in [0.25, 0.3) is 5.69 Å². The lowest BCUT2D eigenvalue weighted by Gasteiger charge is -2.23. The molecule has 1 heterocycles. The van der Waals surface area contributed by atoms with Crippen LogP contribution in [0, 0.1) is 0 Å². The van der Waals surface area contributed by atoms with Crippen LogP contribution < -0.4 is 0 Å². The molecular formula is C13H12Cl2N2. The van der Waals surface area contributed by atoms with Crippen molar-refractivity contribution in [1.29, 1.82) is 0 Å². The van der Waals surface area contributed by atoms with Crippen molar-refractivity contribution < 1.29 is 0 Å². The molecule has 0 aliphatic heterocycles. The maximum atomic E-state index is 6.23. The predicted molar refractivity (Wildman–Crippen MR) is 70.2 cm³/mol. The minimum Gasteiger partial charge on any atom is -0.238 e. The molecule has 0 atom stereocenters. The zero-order valence-electron chi connectivity index (χ0n) is 9.24. The number of hydrogen-bond donors (Lipinski definition) is 0. The SMILES string of the molecule is Clc1ccccc1-n1cc(Cl)c(C2CCC2)n1. The number of aromatic nitrogens is 2. The van der Waals surface area contributed by atoms with Gasteiger partial charge in [-0.25, -0.2) is 4.68 Å². The van der Waals surface area contributed by atoms with Crippen molar-refractivity contribution in [2.24, 2.45) is 0 Å². The lowest BCUT2D eigenvalue weighted by Crippen LogP contribution is -2.10. The molecule has 1 fully saturated rings. The maximum Gasteiger partial charge on any atom is 0.0846 e. The lowest BCUT2D eigenvalue weighted by atomic mass is 9.83. The first kappa shape index (κ1) is 11.1. The van der Waals surface area contributed by atoms with E-state index in [1.54, 1.807) is 4.68 Å². The molecule has 1 aromatic carbocycles. The van der Waals surface area contributed by atoms with Gasteiger partial charge in [-0.05, 0) is 25.0 Å². The van der Waals surface area contributed by atoms with Crippen LogP contribution in [0.1, 0.15) is 30.9 Å². The van der Waals surface area contributed by atoms with E-state index < -0.39 is 0 Å². The van der Waals surface area contributed by atoms with E-state index in [1.807, 2.05) is 30.5 Å². The molecular weight excluding hydrogens is 255 g/mol. The van der Waals surface area contributed by atoms with E-state index in [1.165, 1.54) is 19.3 Å². The van der Waals surface area contributed by atoms with Gasteiger partial charge >= 0.3 is 0 Å². The molecule has 0 unspecified atom stereocenters. The Labute approximate surface area is 110 Å². The number of para-hydroxylation sites is 1. The second kappa shape index (κ2) is 4.35. The highest BCUT2D eigenvalue weighted by Gasteiger charge is 2.25. The fourth-order valence-corrected chi connectivity index (χ4v) is 2.59. The third-order valence-electron chi connectivity index (χ3n) is 3.29. The maximum absolute atomic E-state index is 6.23. The molecule has 1 aliphatic rings. The molecule has 17 heavy (non-hydrogen) atoms. The van der Waals surface area contributed by atoms with Gasteiger partial charge in [0, 0.05) is 12.1 Å². The number of rotatable bonds is 2. The third-order valence-corrected chi connectivity index (χ3v) is 3.90. The number of halogens is 2. The van der Waals surface area contributed by atoms with Crippen molar-refractivity contribution in [3.05, 3.63) is 46.2 Å². The number of benzene rings is 1. The van der Waals surface area contributed by atoms with Crippen LogP contribution in [0.2, 0.25) is 10.0 Å². The van der Waals surface area contributed by atoms with Crippen LogP contribution >= 0.6 is 23.2 Å². The smallest absolute Gasteiger partial charge is 0.0846 e. The zero-order valence-corrected chi connectivity index (χ0v) is 10.7. The summed E-state index contributed by atoms with van der Waals surface area (Å²) >= 11 is 12.4. The largest absolute Gasteiger partial charge is 0.238 e. The molecule has 1 aliphatic carbocycles. The van der Waals surface area contributed by atoms with E-state index in [-0.39, 0.29) is 0 Å². The minimum absolute atomic E-state index is 0.534. The summed E-state index contributed by atoms with van der Waals surface area (Å²) in [6.45, 7) is 0. The van der Waals surface area contributed by atoms with Gasteiger partial charge in [-0.1, -0.05) is 41.8 Å². The van der Waals surface area contributed by atoms with Crippen LogP contribution in [0.3, 0.4) is 0 Å². The van der Waals surface area contributed by atoms with Crippen LogP contribution in [0.15, 0.2) is 30.5 Å². The summed E-state index contributed by atoms with van der Waals surface area (Å²) in [5.41, 5.74) is 1.89. The first-order valence-electron chi connectivity index (χ1n) is 5.75. The standard InChI is InChI=1S/C13H12Cl2N2/c14-10-6-1-2-7-12(10)17-8-11(15)13(16-17)9-4-3-5-9/h1-2,6-9H,3-5H2. The van der Waals surface area contributed by atoms with E-state index in [9.17, 15) is 0 Å². The van der Waals surface area contributed by atoms with E-state index in [0.717, 1.165) is 16.4 Å². The first-order chi connectivity index (χ1) is 8.25. The Morgan fingerprint density at radius 1 is 1.12 bits per heavy atom.